The van der Waals surface area contributed by atoms with Gasteiger partial charge >= 0.3 is 0 Å². The fourth-order valence-electron chi connectivity index (χ4n) is 2.63. The van der Waals surface area contributed by atoms with E-state index in [-0.39, 0.29) is 30.2 Å². The lowest BCUT2D eigenvalue weighted by Gasteiger charge is -2.18. The Kier molecular flexibility index (Phi) is 4.06. The van der Waals surface area contributed by atoms with Crippen molar-refractivity contribution in [3.8, 4) is 5.75 Å². The van der Waals surface area contributed by atoms with Crippen LogP contribution in [0.15, 0.2) is 30.7 Å². The van der Waals surface area contributed by atoms with E-state index in [1.54, 1.807) is 24.5 Å². The Balaban J connectivity index is 1.67. The third-order valence-corrected chi connectivity index (χ3v) is 3.84. The summed E-state index contributed by atoms with van der Waals surface area (Å²) in [5.41, 5.74) is 0.448. The van der Waals surface area contributed by atoms with Crippen LogP contribution in [0.25, 0.3) is 0 Å². The summed E-state index contributed by atoms with van der Waals surface area (Å²) in [6.07, 6.45) is 5.42. The molecule has 1 aliphatic heterocycles. The number of nitrogens with one attached hydrogen (secondary N) is 1. The van der Waals surface area contributed by atoms with E-state index < -0.39 is 0 Å². The van der Waals surface area contributed by atoms with E-state index in [2.05, 4.69) is 15.3 Å². The minimum Gasteiger partial charge on any atom is -0.506 e. The van der Waals surface area contributed by atoms with Gasteiger partial charge in [0, 0.05) is 32.2 Å². The van der Waals surface area contributed by atoms with Gasteiger partial charge in [-0.2, -0.15) is 0 Å². The van der Waals surface area contributed by atoms with Crippen LogP contribution in [-0.4, -0.2) is 32.2 Å². The van der Waals surface area contributed by atoms with Crippen LogP contribution in [0.5, 0.6) is 5.75 Å². The van der Waals surface area contributed by atoms with E-state index in [0.717, 1.165) is 5.82 Å². The van der Waals surface area contributed by atoms with Gasteiger partial charge in [0.1, 0.15) is 23.4 Å². The fraction of sp³-hybridized carbons (Fsp3) is 0.400. The van der Waals surface area contributed by atoms with Crippen molar-refractivity contribution in [1.82, 2.24) is 19.9 Å². The number of aryl methyl sites for hydroxylation is 1. The van der Waals surface area contributed by atoms with Crippen LogP contribution in [0, 0.1) is 5.92 Å². The van der Waals surface area contributed by atoms with Gasteiger partial charge in [-0.1, -0.05) is 0 Å². The molecule has 0 bridgehead atoms. The molecule has 1 amide bonds. The molecule has 1 fully saturated rings. The molecule has 2 N–H and O–H groups in total. The highest BCUT2D eigenvalue weighted by Crippen LogP contribution is 2.33. The van der Waals surface area contributed by atoms with Gasteiger partial charge < -0.3 is 19.7 Å². The van der Waals surface area contributed by atoms with Crippen LogP contribution in [0.1, 0.15) is 24.0 Å². The van der Waals surface area contributed by atoms with Gasteiger partial charge in [0.15, 0.2) is 0 Å². The first-order valence-corrected chi connectivity index (χ1v) is 7.16. The molecule has 0 aromatic carbocycles. The number of imidazole rings is 1. The quantitative estimate of drug-likeness (QED) is 0.876. The highest BCUT2D eigenvalue weighted by atomic mass is 16.5. The molecule has 1 saturated heterocycles. The molecule has 2 aromatic heterocycles. The molecule has 0 radical (unpaired) electrons. The number of pyridine rings is 1. The molecule has 7 nitrogen and oxygen atoms in total. The third-order valence-electron chi connectivity index (χ3n) is 3.84. The minimum absolute atomic E-state index is 0.0751. The van der Waals surface area contributed by atoms with Crippen LogP contribution in [0.2, 0.25) is 0 Å². The number of aromatic nitrogens is 3. The fourth-order valence-corrected chi connectivity index (χ4v) is 2.63. The van der Waals surface area contributed by atoms with E-state index >= 15 is 0 Å². The molecule has 1 aliphatic rings. The summed E-state index contributed by atoms with van der Waals surface area (Å²) in [5.74, 6) is 0.423. The summed E-state index contributed by atoms with van der Waals surface area (Å²) in [7, 11) is 1.88. The molecule has 7 heteroatoms. The Bertz CT molecular complexity index is 670. The van der Waals surface area contributed by atoms with Gasteiger partial charge in [-0.15, -0.1) is 0 Å². The van der Waals surface area contributed by atoms with Gasteiger partial charge in [-0.3, -0.25) is 9.78 Å². The lowest BCUT2D eigenvalue weighted by atomic mass is 10.00. The Morgan fingerprint density at radius 2 is 2.36 bits per heavy atom. The van der Waals surface area contributed by atoms with Crippen molar-refractivity contribution in [3.05, 3.63) is 42.2 Å². The number of ether oxygens (including phenoxy) is 1. The Hall–Kier alpha value is -2.41. The second-order valence-electron chi connectivity index (χ2n) is 5.27. The van der Waals surface area contributed by atoms with Crippen LogP contribution in [-0.2, 0) is 23.1 Å². The van der Waals surface area contributed by atoms with Crippen molar-refractivity contribution in [2.75, 3.05) is 6.61 Å². The monoisotopic (exact) mass is 302 g/mol. The van der Waals surface area contributed by atoms with Gasteiger partial charge in [0.05, 0.1) is 12.5 Å². The molecule has 3 heterocycles. The van der Waals surface area contributed by atoms with Crippen molar-refractivity contribution in [3.63, 3.8) is 0 Å². The summed E-state index contributed by atoms with van der Waals surface area (Å²) in [6.45, 7) is 0.722. The maximum atomic E-state index is 12.4. The van der Waals surface area contributed by atoms with Crippen molar-refractivity contribution in [2.45, 2.75) is 19.1 Å². The number of carbonyl (C=O) groups excluding carboxylic acids is 1. The zero-order valence-corrected chi connectivity index (χ0v) is 12.3. The number of amides is 1. The van der Waals surface area contributed by atoms with Crippen molar-refractivity contribution >= 4 is 5.91 Å². The molecule has 22 heavy (non-hydrogen) atoms. The third kappa shape index (κ3) is 2.80. The molecule has 2 atom stereocenters. The number of aromatic hydroxyl groups is 1. The average Bonchev–Trinajstić information content (AvgIpc) is 3.14. The van der Waals surface area contributed by atoms with E-state index in [1.165, 1.54) is 0 Å². The van der Waals surface area contributed by atoms with E-state index in [0.29, 0.717) is 18.7 Å². The number of carbonyl (C=O) groups is 1. The van der Waals surface area contributed by atoms with Crippen LogP contribution in [0.3, 0.4) is 0 Å². The smallest absolute Gasteiger partial charge is 0.226 e. The maximum Gasteiger partial charge on any atom is 0.226 e. The highest BCUT2D eigenvalue weighted by molar-refractivity contribution is 5.79. The first kappa shape index (κ1) is 14.5. The SMILES string of the molecule is Cn1ccnc1[C@@H]1OCC[C@H]1C(=O)NCc1ncccc1O. The Morgan fingerprint density at radius 3 is 3.09 bits per heavy atom. The summed E-state index contributed by atoms with van der Waals surface area (Å²) in [5, 5.41) is 12.5. The van der Waals surface area contributed by atoms with Crippen molar-refractivity contribution in [1.29, 1.82) is 0 Å². The molecule has 0 aliphatic carbocycles. The number of hydrogen-bond donors (Lipinski definition) is 2. The summed E-state index contributed by atoms with van der Waals surface area (Å²) in [4.78, 5) is 20.7. The van der Waals surface area contributed by atoms with Gasteiger partial charge in [0.2, 0.25) is 5.91 Å². The molecular formula is C15H18N4O3. The van der Waals surface area contributed by atoms with E-state index in [9.17, 15) is 9.90 Å². The number of hydrogen-bond acceptors (Lipinski definition) is 5. The topological polar surface area (TPSA) is 89.3 Å². The summed E-state index contributed by atoms with van der Waals surface area (Å²) < 4.78 is 7.54. The van der Waals surface area contributed by atoms with Gasteiger partial charge in [0.25, 0.3) is 0 Å². The average molecular weight is 302 g/mol. The zero-order chi connectivity index (χ0) is 15.5. The molecule has 0 unspecified atom stereocenters. The highest BCUT2D eigenvalue weighted by Gasteiger charge is 2.37. The Morgan fingerprint density at radius 1 is 1.50 bits per heavy atom. The lowest BCUT2D eigenvalue weighted by molar-refractivity contribution is -0.127. The maximum absolute atomic E-state index is 12.4. The normalized spacial score (nSPS) is 21.0. The van der Waals surface area contributed by atoms with Crippen molar-refractivity contribution in [2.24, 2.45) is 13.0 Å². The van der Waals surface area contributed by atoms with E-state index in [1.807, 2.05) is 17.8 Å². The molecule has 0 saturated carbocycles. The molecule has 2 aromatic rings. The molecule has 3 rings (SSSR count). The standard InChI is InChI=1S/C15H18N4O3/c1-19-7-6-17-14(19)13-10(4-8-22-13)15(21)18-9-11-12(20)3-2-5-16-11/h2-3,5-7,10,13,20H,4,8-9H2,1H3,(H,18,21)/t10-,13-/m1/s1. The number of nitrogens with zero attached hydrogens (tertiary/aromatic N) is 3. The minimum atomic E-state index is -0.336. The predicted octanol–water partition coefficient (Wildman–Crippen LogP) is 0.915. The van der Waals surface area contributed by atoms with Gasteiger partial charge in [-0.25, -0.2) is 4.98 Å². The molecule has 116 valence electrons. The van der Waals surface area contributed by atoms with Crippen LogP contribution in [0.4, 0.5) is 0 Å². The van der Waals surface area contributed by atoms with E-state index in [4.69, 9.17) is 4.74 Å². The molecule has 0 spiro atoms. The first-order valence-electron chi connectivity index (χ1n) is 7.16. The molecular weight excluding hydrogens is 284 g/mol. The predicted molar refractivity (Wildman–Crippen MR) is 77.8 cm³/mol. The second-order valence-corrected chi connectivity index (χ2v) is 5.27. The zero-order valence-electron chi connectivity index (χ0n) is 12.3. The summed E-state index contributed by atoms with van der Waals surface area (Å²) in [6, 6.07) is 3.19. The first-order chi connectivity index (χ1) is 10.7. The van der Waals surface area contributed by atoms with Gasteiger partial charge in [-0.05, 0) is 18.6 Å². The largest absolute Gasteiger partial charge is 0.506 e. The number of rotatable bonds is 4. The van der Waals surface area contributed by atoms with Crippen LogP contribution < -0.4 is 5.32 Å². The van der Waals surface area contributed by atoms with Crippen molar-refractivity contribution < 1.29 is 14.6 Å². The Labute approximate surface area is 128 Å². The van der Waals surface area contributed by atoms with Crippen LogP contribution >= 0.6 is 0 Å². The lowest BCUT2D eigenvalue weighted by Crippen LogP contribution is -2.32. The summed E-state index contributed by atoms with van der Waals surface area (Å²) >= 11 is 0. The second kappa shape index (κ2) is 6.15.